The summed E-state index contributed by atoms with van der Waals surface area (Å²) in [4.78, 5) is 11.4. The highest BCUT2D eigenvalue weighted by molar-refractivity contribution is 7.99. The highest BCUT2D eigenvalue weighted by Gasteiger charge is 2.32. The number of carbonyl (C=O) groups is 1. The van der Waals surface area contributed by atoms with Crippen LogP contribution in [0.25, 0.3) is 0 Å². The summed E-state index contributed by atoms with van der Waals surface area (Å²) in [7, 11) is 1.51. The molecule has 1 unspecified atom stereocenters. The van der Waals surface area contributed by atoms with E-state index in [9.17, 15) is 4.79 Å². The van der Waals surface area contributed by atoms with Crippen molar-refractivity contribution >= 4 is 29.0 Å². The van der Waals surface area contributed by atoms with Crippen LogP contribution in [-0.4, -0.2) is 37.2 Å². The van der Waals surface area contributed by atoms with Crippen LogP contribution in [0.1, 0.15) is 20.3 Å². The monoisotopic (exact) mass is 308 g/mol. The molecule has 1 aliphatic heterocycles. The van der Waals surface area contributed by atoms with E-state index >= 15 is 0 Å². The molecule has 21 heavy (non-hydrogen) atoms. The Bertz CT molecular complexity index is 474. The molecule has 2 rings (SSSR count). The van der Waals surface area contributed by atoms with Crippen molar-refractivity contribution in [1.82, 2.24) is 0 Å². The molecule has 0 bridgehead atoms. The molecule has 0 aromatic heterocycles. The van der Waals surface area contributed by atoms with Gasteiger partial charge in [0.15, 0.2) is 0 Å². The summed E-state index contributed by atoms with van der Waals surface area (Å²) in [5.74, 6) is 2.25. The Morgan fingerprint density at radius 3 is 2.62 bits per heavy atom. The molecular weight excluding hydrogens is 284 g/mol. The maximum absolute atomic E-state index is 11.4. The highest BCUT2D eigenvalue weighted by atomic mass is 32.2. The van der Waals surface area contributed by atoms with Crippen molar-refractivity contribution in [1.29, 1.82) is 0 Å². The number of methoxy groups -OCH3 is 1. The minimum absolute atomic E-state index is 0.0769. The van der Waals surface area contributed by atoms with E-state index in [1.54, 1.807) is 0 Å². The number of nitrogens with one attached hydrogen (secondary N) is 2. The molecule has 2 N–H and O–H groups in total. The number of amides is 1. The molecule has 1 amide bonds. The van der Waals surface area contributed by atoms with Crippen LogP contribution < -0.4 is 10.6 Å². The van der Waals surface area contributed by atoms with E-state index in [1.807, 2.05) is 36.0 Å². The topological polar surface area (TPSA) is 50.4 Å². The lowest BCUT2D eigenvalue weighted by atomic mass is 9.82. The van der Waals surface area contributed by atoms with Crippen molar-refractivity contribution < 1.29 is 9.53 Å². The van der Waals surface area contributed by atoms with Gasteiger partial charge in [-0.15, -0.1) is 0 Å². The van der Waals surface area contributed by atoms with E-state index in [0.29, 0.717) is 11.5 Å². The molecule has 0 radical (unpaired) electrons. The quantitative estimate of drug-likeness (QED) is 0.877. The van der Waals surface area contributed by atoms with Crippen LogP contribution in [0.4, 0.5) is 11.4 Å². The van der Waals surface area contributed by atoms with Gasteiger partial charge in [0.1, 0.15) is 6.61 Å². The maximum atomic E-state index is 11.4. The second-order valence-electron chi connectivity index (χ2n) is 6.07. The van der Waals surface area contributed by atoms with Crippen molar-refractivity contribution in [2.75, 3.05) is 35.9 Å². The molecule has 5 heteroatoms. The van der Waals surface area contributed by atoms with Crippen LogP contribution in [-0.2, 0) is 9.53 Å². The zero-order chi connectivity index (χ0) is 15.3. The van der Waals surface area contributed by atoms with Gasteiger partial charge in [-0.2, -0.15) is 11.8 Å². The first-order chi connectivity index (χ1) is 10.0. The van der Waals surface area contributed by atoms with Crippen LogP contribution in [0.5, 0.6) is 0 Å². The molecule has 116 valence electrons. The smallest absolute Gasteiger partial charge is 0.250 e. The van der Waals surface area contributed by atoms with E-state index < -0.39 is 0 Å². The van der Waals surface area contributed by atoms with Crippen molar-refractivity contribution in [3.8, 4) is 0 Å². The lowest BCUT2D eigenvalue weighted by molar-refractivity contribution is -0.119. The fraction of sp³-hybridized carbons (Fsp3) is 0.562. The first-order valence-electron chi connectivity index (χ1n) is 7.24. The SMILES string of the molecule is COCC(=O)Nc1ccc(NC2CSCCC2(C)C)cc1. The number of carbonyl (C=O) groups excluding carboxylic acids is 1. The van der Waals surface area contributed by atoms with Crippen LogP contribution in [0.15, 0.2) is 24.3 Å². The van der Waals surface area contributed by atoms with Gasteiger partial charge in [-0.05, 0) is 41.9 Å². The molecule has 1 saturated heterocycles. The fourth-order valence-corrected chi connectivity index (χ4v) is 3.96. The van der Waals surface area contributed by atoms with Crippen molar-refractivity contribution in [3.63, 3.8) is 0 Å². The first-order valence-corrected chi connectivity index (χ1v) is 8.40. The normalized spacial score (nSPS) is 20.8. The van der Waals surface area contributed by atoms with E-state index in [-0.39, 0.29) is 12.5 Å². The van der Waals surface area contributed by atoms with Gasteiger partial charge in [-0.1, -0.05) is 13.8 Å². The van der Waals surface area contributed by atoms with Crippen molar-refractivity contribution in [2.24, 2.45) is 5.41 Å². The van der Waals surface area contributed by atoms with Gasteiger partial charge in [0.05, 0.1) is 0 Å². The second-order valence-corrected chi connectivity index (χ2v) is 7.22. The number of anilines is 2. The van der Waals surface area contributed by atoms with Gasteiger partial charge in [0.2, 0.25) is 5.91 Å². The minimum atomic E-state index is -0.136. The van der Waals surface area contributed by atoms with Crippen LogP contribution in [0.3, 0.4) is 0 Å². The third-order valence-corrected chi connectivity index (χ3v) is 4.97. The van der Waals surface area contributed by atoms with E-state index in [4.69, 9.17) is 4.74 Å². The average Bonchev–Trinajstić information content (AvgIpc) is 2.43. The third kappa shape index (κ3) is 4.64. The van der Waals surface area contributed by atoms with Crippen LogP contribution in [0.2, 0.25) is 0 Å². The summed E-state index contributed by atoms with van der Waals surface area (Å²) >= 11 is 2.01. The van der Waals surface area contributed by atoms with Crippen LogP contribution in [0, 0.1) is 5.41 Å². The van der Waals surface area contributed by atoms with Gasteiger partial charge in [-0.3, -0.25) is 4.79 Å². The van der Waals surface area contributed by atoms with Gasteiger partial charge in [-0.25, -0.2) is 0 Å². The molecule has 0 aliphatic carbocycles. The van der Waals surface area contributed by atoms with Crippen LogP contribution >= 0.6 is 11.8 Å². The van der Waals surface area contributed by atoms with Gasteiger partial charge in [0.25, 0.3) is 0 Å². The first kappa shape index (κ1) is 16.2. The predicted octanol–water partition coefficient (Wildman–Crippen LogP) is 3.22. The summed E-state index contributed by atoms with van der Waals surface area (Å²) in [6, 6.07) is 8.33. The zero-order valence-electron chi connectivity index (χ0n) is 12.9. The standard InChI is InChI=1S/C16H24N2O2S/c1-16(2)8-9-21-11-14(16)17-12-4-6-13(7-5-12)18-15(19)10-20-3/h4-7,14,17H,8-11H2,1-3H3,(H,18,19). The predicted molar refractivity (Wildman–Crippen MR) is 90.1 cm³/mol. The molecule has 1 heterocycles. The largest absolute Gasteiger partial charge is 0.381 e. The second kappa shape index (κ2) is 7.18. The summed E-state index contributed by atoms with van der Waals surface area (Å²) in [6.07, 6.45) is 1.24. The Morgan fingerprint density at radius 2 is 2.00 bits per heavy atom. The zero-order valence-corrected chi connectivity index (χ0v) is 13.8. The Hall–Kier alpha value is -1.20. The lowest BCUT2D eigenvalue weighted by Crippen LogP contribution is -2.41. The summed E-state index contributed by atoms with van der Waals surface area (Å²) in [5, 5.41) is 6.41. The molecule has 0 spiro atoms. The molecule has 0 saturated carbocycles. The van der Waals surface area contributed by atoms with Crippen molar-refractivity contribution in [3.05, 3.63) is 24.3 Å². The fourth-order valence-electron chi connectivity index (χ4n) is 2.35. The molecular formula is C16H24N2O2S. The number of hydrogen-bond acceptors (Lipinski definition) is 4. The molecule has 4 nitrogen and oxygen atoms in total. The molecule has 1 fully saturated rings. The average molecular weight is 308 g/mol. The van der Waals surface area contributed by atoms with Gasteiger partial charge < -0.3 is 15.4 Å². The number of thioether (sulfide) groups is 1. The van der Waals surface area contributed by atoms with E-state index in [0.717, 1.165) is 17.1 Å². The Balaban J connectivity index is 1.94. The Labute approximate surface area is 131 Å². The van der Waals surface area contributed by atoms with Gasteiger partial charge in [0, 0.05) is 30.3 Å². The summed E-state index contributed by atoms with van der Waals surface area (Å²) in [6.45, 7) is 4.72. The molecule has 1 aliphatic rings. The number of benzene rings is 1. The molecule has 1 aromatic carbocycles. The number of ether oxygens (including phenoxy) is 1. The Morgan fingerprint density at radius 1 is 1.33 bits per heavy atom. The van der Waals surface area contributed by atoms with Crippen molar-refractivity contribution in [2.45, 2.75) is 26.3 Å². The highest BCUT2D eigenvalue weighted by Crippen LogP contribution is 2.36. The maximum Gasteiger partial charge on any atom is 0.250 e. The molecule has 1 aromatic rings. The minimum Gasteiger partial charge on any atom is -0.381 e. The van der Waals surface area contributed by atoms with Gasteiger partial charge >= 0.3 is 0 Å². The summed E-state index contributed by atoms with van der Waals surface area (Å²) in [5.41, 5.74) is 2.21. The Kier molecular flexibility index (Phi) is 5.53. The third-order valence-electron chi connectivity index (χ3n) is 3.90. The molecule has 1 atom stereocenters. The van der Waals surface area contributed by atoms with E-state index in [2.05, 4.69) is 24.5 Å². The number of rotatable bonds is 5. The number of hydrogen-bond donors (Lipinski definition) is 2. The van der Waals surface area contributed by atoms with E-state index in [1.165, 1.54) is 19.3 Å². The summed E-state index contributed by atoms with van der Waals surface area (Å²) < 4.78 is 4.80. The lowest BCUT2D eigenvalue weighted by Gasteiger charge is -2.39.